The summed E-state index contributed by atoms with van der Waals surface area (Å²) >= 11 is 0. The highest BCUT2D eigenvalue weighted by Gasteiger charge is 2.65. The number of carbonyl (C=O) groups excluding carboxylic acids is 1. The molecule has 4 heteroatoms. The van der Waals surface area contributed by atoms with Crippen molar-refractivity contribution in [2.45, 2.75) is 27.2 Å². The molecule has 2 aliphatic carbocycles. The van der Waals surface area contributed by atoms with E-state index in [4.69, 9.17) is 9.47 Å². The number of hydrogen-bond donors (Lipinski definition) is 1. The number of nitrogens with one attached hydrogen (secondary N) is 1. The molecule has 2 aliphatic rings. The number of benzene rings is 1. The molecular weight excluding hydrogens is 278 g/mol. The van der Waals surface area contributed by atoms with Crippen LogP contribution < -0.4 is 14.8 Å². The lowest BCUT2D eigenvalue weighted by Crippen LogP contribution is -2.12. The third-order valence-electron chi connectivity index (χ3n) is 5.20. The monoisotopic (exact) mass is 301 g/mol. The van der Waals surface area contributed by atoms with Crippen LogP contribution in [0.2, 0.25) is 0 Å². The predicted octanol–water partition coefficient (Wildman–Crippen LogP) is 3.63. The van der Waals surface area contributed by atoms with Crippen LogP contribution in [0, 0.1) is 17.3 Å². The lowest BCUT2D eigenvalue weighted by atomic mass is 9.95. The molecule has 0 aromatic heterocycles. The number of fused-ring (bicyclic) bond motifs is 1. The van der Waals surface area contributed by atoms with Crippen LogP contribution in [0.1, 0.15) is 27.2 Å². The fourth-order valence-electron chi connectivity index (χ4n) is 3.80. The first-order valence-corrected chi connectivity index (χ1v) is 7.63. The van der Waals surface area contributed by atoms with Gasteiger partial charge in [0.2, 0.25) is 0 Å². The molecule has 2 unspecified atom stereocenters. The van der Waals surface area contributed by atoms with E-state index in [1.807, 2.05) is 25.1 Å². The minimum absolute atomic E-state index is 0.255. The van der Waals surface area contributed by atoms with E-state index in [0.717, 1.165) is 28.5 Å². The van der Waals surface area contributed by atoms with Crippen LogP contribution in [0.5, 0.6) is 11.5 Å². The molecule has 0 bridgehead atoms. The van der Waals surface area contributed by atoms with E-state index in [0.29, 0.717) is 18.3 Å². The molecule has 2 atom stereocenters. The summed E-state index contributed by atoms with van der Waals surface area (Å²) in [4.78, 5) is 12.3. The van der Waals surface area contributed by atoms with Crippen LogP contribution in [0.3, 0.4) is 0 Å². The predicted molar refractivity (Wildman–Crippen MR) is 86.3 cm³/mol. The minimum atomic E-state index is 0.255. The van der Waals surface area contributed by atoms with Gasteiger partial charge in [0.15, 0.2) is 5.78 Å². The summed E-state index contributed by atoms with van der Waals surface area (Å²) < 4.78 is 10.7. The largest absolute Gasteiger partial charge is 0.497 e. The number of hydrogen-bond acceptors (Lipinski definition) is 4. The van der Waals surface area contributed by atoms with Crippen LogP contribution in [-0.4, -0.2) is 20.0 Å². The molecule has 1 aromatic rings. The second-order valence-electron chi connectivity index (χ2n) is 6.76. The zero-order chi connectivity index (χ0) is 16.1. The second kappa shape index (κ2) is 5.04. The van der Waals surface area contributed by atoms with Crippen molar-refractivity contribution in [2.75, 3.05) is 19.5 Å². The van der Waals surface area contributed by atoms with E-state index < -0.39 is 0 Å². The maximum atomic E-state index is 12.3. The Morgan fingerprint density at radius 2 is 2.00 bits per heavy atom. The highest BCUT2D eigenvalue weighted by Crippen LogP contribution is 2.68. The van der Waals surface area contributed by atoms with Crippen molar-refractivity contribution in [3.63, 3.8) is 0 Å². The van der Waals surface area contributed by atoms with Gasteiger partial charge in [0.25, 0.3) is 0 Å². The number of Topliss-reactive ketones (excluding diaryl/α,β-unsaturated/α-hetero) is 1. The van der Waals surface area contributed by atoms with Crippen LogP contribution in [0.4, 0.5) is 5.69 Å². The second-order valence-corrected chi connectivity index (χ2v) is 6.76. The van der Waals surface area contributed by atoms with E-state index in [-0.39, 0.29) is 11.2 Å². The van der Waals surface area contributed by atoms with Gasteiger partial charge in [0, 0.05) is 23.8 Å². The molecule has 4 nitrogen and oxygen atoms in total. The van der Waals surface area contributed by atoms with Crippen molar-refractivity contribution in [3.8, 4) is 11.5 Å². The molecule has 0 radical (unpaired) electrons. The Kier molecular flexibility index (Phi) is 3.42. The van der Waals surface area contributed by atoms with Gasteiger partial charge in [-0.05, 0) is 36.3 Å². The maximum Gasteiger partial charge on any atom is 0.161 e. The van der Waals surface area contributed by atoms with Gasteiger partial charge >= 0.3 is 0 Å². The average Bonchev–Trinajstić information content (AvgIpc) is 2.84. The zero-order valence-electron chi connectivity index (χ0n) is 13.8. The van der Waals surface area contributed by atoms with Gasteiger partial charge in [-0.1, -0.05) is 13.8 Å². The van der Waals surface area contributed by atoms with Gasteiger partial charge in [-0.2, -0.15) is 0 Å². The van der Waals surface area contributed by atoms with E-state index in [1.165, 1.54) is 0 Å². The molecule has 118 valence electrons. The van der Waals surface area contributed by atoms with Crippen LogP contribution in [0.15, 0.2) is 29.5 Å². The van der Waals surface area contributed by atoms with Crippen LogP contribution >= 0.6 is 0 Å². The fourth-order valence-corrected chi connectivity index (χ4v) is 3.80. The fraction of sp³-hybridized carbons (Fsp3) is 0.500. The van der Waals surface area contributed by atoms with Gasteiger partial charge < -0.3 is 14.8 Å². The van der Waals surface area contributed by atoms with Gasteiger partial charge in [-0.15, -0.1) is 0 Å². The molecule has 0 amide bonds. The van der Waals surface area contributed by atoms with E-state index in [9.17, 15) is 4.79 Å². The molecule has 2 saturated carbocycles. The van der Waals surface area contributed by atoms with Gasteiger partial charge in [-0.3, -0.25) is 4.79 Å². The highest BCUT2D eigenvalue weighted by molar-refractivity contribution is 6.01. The Labute approximate surface area is 131 Å². The third-order valence-corrected chi connectivity index (χ3v) is 5.20. The summed E-state index contributed by atoms with van der Waals surface area (Å²) in [6.45, 7) is 6.46. The number of rotatable bonds is 4. The number of ether oxygens (including phenoxy) is 2. The first-order valence-electron chi connectivity index (χ1n) is 7.63. The van der Waals surface area contributed by atoms with Crippen molar-refractivity contribution in [3.05, 3.63) is 29.5 Å². The van der Waals surface area contributed by atoms with Crippen LogP contribution in [-0.2, 0) is 4.79 Å². The molecule has 1 N–H and O–H groups in total. The zero-order valence-corrected chi connectivity index (χ0v) is 13.8. The van der Waals surface area contributed by atoms with E-state index >= 15 is 0 Å². The Morgan fingerprint density at radius 3 is 2.59 bits per heavy atom. The Balaban J connectivity index is 1.93. The molecular formula is C18H23NO3. The Morgan fingerprint density at radius 1 is 1.27 bits per heavy atom. The number of anilines is 1. The Hall–Kier alpha value is -1.97. The molecule has 0 heterocycles. The van der Waals surface area contributed by atoms with Crippen molar-refractivity contribution < 1.29 is 14.3 Å². The maximum absolute atomic E-state index is 12.3. The molecule has 0 spiro atoms. The lowest BCUT2D eigenvalue weighted by molar-refractivity contribution is -0.115. The standard InChI is InChI=1S/C18H23NO3/c1-10(16-14(20)9-12-17(16)18(12,2)3)19-13-8-11(21-4)6-7-15(13)22-5/h6-8,12,17,19H,9H2,1-5H3. The molecule has 22 heavy (non-hydrogen) atoms. The summed E-state index contributed by atoms with van der Waals surface area (Å²) in [5, 5.41) is 3.36. The smallest absolute Gasteiger partial charge is 0.161 e. The topological polar surface area (TPSA) is 47.6 Å². The molecule has 1 aromatic carbocycles. The summed E-state index contributed by atoms with van der Waals surface area (Å²) in [7, 11) is 3.27. The SMILES string of the molecule is COc1ccc(OC)c(NC(C)=C2C(=O)CC3C2C3(C)C)c1. The van der Waals surface area contributed by atoms with Crippen LogP contribution in [0.25, 0.3) is 0 Å². The van der Waals surface area contributed by atoms with Crippen molar-refractivity contribution in [1.82, 2.24) is 0 Å². The number of allylic oxidation sites excluding steroid dienone is 2. The molecule has 2 fully saturated rings. The van der Waals surface area contributed by atoms with Crippen molar-refractivity contribution in [2.24, 2.45) is 17.3 Å². The number of carbonyl (C=O) groups is 1. The number of ketones is 1. The molecule has 0 aliphatic heterocycles. The quantitative estimate of drug-likeness (QED) is 0.863. The normalized spacial score (nSPS) is 27.2. The van der Waals surface area contributed by atoms with E-state index in [2.05, 4.69) is 19.2 Å². The van der Waals surface area contributed by atoms with Crippen molar-refractivity contribution >= 4 is 11.5 Å². The highest BCUT2D eigenvalue weighted by atomic mass is 16.5. The summed E-state index contributed by atoms with van der Waals surface area (Å²) in [6.07, 6.45) is 0.682. The summed E-state index contributed by atoms with van der Waals surface area (Å²) in [5.41, 5.74) is 2.96. The van der Waals surface area contributed by atoms with E-state index in [1.54, 1.807) is 14.2 Å². The van der Waals surface area contributed by atoms with Gasteiger partial charge in [-0.25, -0.2) is 0 Å². The van der Waals surface area contributed by atoms with Gasteiger partial charge in [0.1, 0.15) is 11.5 Å². The first kappa shape index (κ1) is 14.9. The molecule has 0 saturated heterocycles. The number of methoxy groups -OCH3 is 2. The summed E-state index contributed by atoms with van der Waals surface area (Å²) in [5.74, 6) is 2.67. The minimum Gasteiger partial charge on any atom is -0.497 e. The third kappa shape index (κ3) is 2.18. The average molecular weight is 301 g/mol. The Bertz CT molecular complexity index is 660. The lowest BCUT2D eigenvalue weighted by Gasteiger charge is -2.17. The first-order chi connectivity index (χ1) is 10.4. The van der Waals surface area contributed by atoms with Gasteiger partial charge in [0.05, 0.1) is 19.9 Å². The molecule has 3 rings (SSSR count). The summed E-state index contributed by atoms with van der Waals surface area (Å²) in [6, 6.07) is 5.60. The van der Waals surface area contributed by atoms with Crippen molar-refractivity contribution in [1.29, 1.82) is 0 Å².